The van der Waals surface area contributed by atoms with Crippen LogP contribution in [0.3, 0.4) is 0 Å². The van der Waals surface area contributed by atoms with E-state index in [4.69, 9.17) is 23.2 Å². The number of aliphatic hydroxyl groups is 1. The van der Waals surface area contributed by atoms with Crippen LogP contribution in [-0.2, 0) is 0 Å². The first kappa shape index (κ1) is 8.82. The molecule has 3 heteroatoms. The monoisotopic (exact) mass is 220 g/mol. The predicted molar refractivity (Wildman–Crippen MR) is 52.9 cm³/mol. The van der Waals surface area contributed by atoms with E-state index in [1.807, 2.05) is 0 Å². The minimum absolute atomic E-state index is 0.340. The van der Waals surface area contributed by atoms with Crippen molar-refractivity contribution in [1.29, 1.82) is 0 Å². The second-order valence-corrected chi connectivity index (χ2v) is 6.58. The van der Waals surface area contributed by atoms with E-state index < -0.39 is 9.93 Å². The van der Waals surface area contributed by atoms with Gasteiger partial charge in [0.15, 0.2) is 0 Å². The van der Waals surface area contributed by atoms with Crippen LogP contribution in [-0.4, -0.2) is 15.0 Å². The van der Waals surface area contributed by atoms with Crippen LogP contribution in [0, 0.1) is 17.8 Å². The van der Waals surface area contributed by atoms with Gasteiger partial charge >= 0.3 is 0 Å². The zero-order valence-electron chi connectivity index (χ0n) is 7.47. The van der Waals surface area contributed by atoms with Crippen molar-refractivity contribution in [2.45, 2.75) is 42.0 Å². The molecule has 1 N–H and O–H groups in total. The molecular formula is C10H14Cl2O. The van der Waals surface area contributed by atoms with Crippen molar-refractivity contribution in [1.82, 2.24) is 0 Å². The van der Waals surface area contributed by atoms with Gasteiger partial charge in [0.05, 0.1) is 5.60 Å². The van der Waals surface area contributed by atoms with E-state index in [2.05, 4.69) is 0 Å². The lowest BCUT2D eigenvalue weighted by atomic mass is 9.54. The Kier molecular flexibility index (Phi) is 1.61. The van der Waals surface area contributed by atoms with E-state index in [0.29, 0.717) is 17.8 Å². The highest BCUT2D eigenvalue weighted by atomic mass is 35.5. The van der Waals surface area contributed by atoms with Gasteiger partial charge in [-0.15, -0.1) is 0 Å². The molecule has 4 bridgehead atoms. The topological polar surface area (TPSA) is 20.2 Å². The number of hydrogen-bond acceptors (Lipinski definition) is 1. The van der Waals surface area contributed by atoms with Gasteiger partial charge in [-0.3, -0.25) is 0 Å². The Bertz CT molecular complexity index is 237. The minimum Gasteiger partial charge on any atom is -0.387 e. The summed E-state index contributed by atoms with van der Waals surface area (Å²) in [6.07, 6.45) is 5.21. The lowest BCUT2D eigenvalue weighted by Gasteiger charge is -2.60. The summed E-state index contributed by atoms with van der Waals surface area (Å²) in [5.74, 6) is 1.72. The molecule has 0 heterocycles. The van der Waals surface area contributed by atoms with Crippen LogP contribution < -0.4 is 0 Å². The van der Waals surface area contributed by atoms with Crippen LogP contribution in [0.4, 0.5) is 0 Å². The van der Waals surface area contributed by atoms with E-state index in [9.17, 15) is 5.11 Å². The summed E-state index contributed by atoms with van der Waals surface area (Å²) in [4.78, 5) is 0. The first-order valence-electron chi connectivity index (χ1n) is 5.11. The molecule has 0 aliphatic heterocycles. The van der Waals surface area contributed by atoms with Gasteiger partial charge in [0.1, 0.15) is 4.33 Å². The fourth-order valence-electron chi connectivity index (χ4n) is 3.88. The van der Waals surface area contributed by atoms with Gasteiger partial charge < -0.3 is 5.11 Å². The maximum absolute atomic E-state index is 10.4. The van der Waals surface area contributed by atoms with Gasteiger partial charge in [0.25, 0.3) is 0 Å². The highest BCUT2D eigenvalue weighted by Gasteiger charge is 2.64. The van der Waals surface area contributed by atoms with Crippen molar-refractivity contribution in [3.05, 3.63) is 0 Å². The molecule has 0 aromatic heterocycles. The molecule has 4 aliphatic rings. The molecule has 4 aliphatic carbocycles. The lowest BCUT2D eigenvalue weighted by Crippen LogP contribution is -2.63. The quantitative estimate of drug-likeness (QED) is 0.623. The predicted octanol–water partition coefficient (Wildman–Crippen LogP) is 2.73. The van der Waals surface area contributed by atoms with E-state index in [0.717, 1.165) is 25.7 Å². The molecule has 1 nitrogen and oxygen atoms in total. The van der Waals surface area contributed by atoms with Crippen molar-refractivity contribution >= 4 is 23.2 Å². The summed E-state index contributed by atoms with van der Waals surface area (Å²) in [5, 5.41) is 10.4. The van der Waals surface area contributed by atoms with Crippen LogP contribution in [0.15, 0.2) is 0 Å². The van der Waals surface area contributed by atoms with Crippen LogP contribution in [0.5, 0.6) is 0 Å². The molecule has 0 radical (unpaired) electrons. The normalized spacial score (nSPS) is 57.0. The molecule has 0 spiro atoms. The first-order chi connectivity index (χ1) is 6.01. The number of halogens is 2. The third-order valence-corrected chi connectivity index (χ3v) is 5.61. The molecule has 0 saturated heterocycles. The Labute approximate surface area is 88.4 Å². The molecule has 13 heavy (non-hydrogen) atoms. The fraction of sp³-hybridized carbons (Fsp3) is 1.00. The van der Waals surface area contributed by atoms with E-state index >= 15 is 0 Å². The van der Waals surface area contributed by atoms with Crippen LogP contribution in [0.1, 0.15) is 32.1 Å². The average molecular weight is 221 g/mol. The smallest absolute Gasteiger partial charge is 0.149 e. The Hall–Kier alpha value is 0.540. The second-order valence-electron chi connectivity index (χ2n) is 5.20. The Morgan fingerprint density at radius 3 is 2.00 bits per heavy atom. The third kappa shape index (κ3) is 0.989. The molecule has 2 atom stereocenters. The summed E-state index contributed by atoms with van der Waals surface area (Å²) in [5.41, 5.74) is -0.773. The Balaban J connectivity index is 2.03. The number of alkyl halides is 2. The van der Waals surface area contributed by atoms with Crippen molar-refractivity contribution < 1.29 is 5.11 Å². The maximum atomic E-state index is 10.4. The van der Waals surface area contributed by atoms with Gasteiger partial charge in [-0.2, -0.15) is 0 Å². The Morgan fingerprint density at radius 2 is 1.54 bits per heavy atom. The summed E-state index contributed by atoms with van der Waals surface area (Å²) in [6.45, 7) is 0. The average Bonchev–Trinajstić information content (AvgIpc) is 1.99. The molecule has 2 unspecified atom stereocenters. The zero-order chi connectivity index (χ0) is 9.27. The molecule has 0 aromatic rings. The number of rotatable bonds is 0. The molecule has 4 fully saturated rings. The van der Waals surface area contributed by atoms with Gasteiger partial charge in [0.2, 0.25) is 0 Å². The summed E-state index contributed by atoms with van der Waals surface area (Å²) < 4.78 is -0.861. The van der Waals surface area contributed by atoms with E-state index in [1.54, 1.807) is 0 Å². The SMILES string of the molecule is OC12CC3CC(CC(C3)C1(Cl)Cl)C2. The minimum atomic E-state index is -0.861. The fourth-order valence-corrected chi connectivity index (χ4v) is 4.55. The van der Waals surface area contributed by atoms with E-state index in [-0.39, 0.29) is 0 Å². The Morgan fingerprint density at radius 1 is 1.00 bits per heavy atom. The van der Waals surface area contributed by atoms with Crippen LogP contribution in [0.25, 0.3) is 0 Å². The van der Waals surface area contributed by atoms with Crippen molar-refractivity contribution in [2.24, 2.45) is 17.8 Å². The third-order valence-electron chi connectivity index (χ3n) is 4.29. The summed E-state index contributed by atoms with van der Waals surface area (Å²) in [6, 6.07) is 0. The standard InChI is InChI=1S/C10H14Cl2O/c11-10(12)8-2-6-1-7(3-8)5-9(10,13)4-6/h6-8,13H,1-5H2. The molecule has 74 valence electrons. The molecular weight excluding hydrogens is 207 g/mol. The van der Waals surface area contributed by atoms with Crippen LogP contribution >= 0.6 is 23.2 Å². The largest absolute Gasteiger partial charge is 0.387 e. The summed E-state index contributed by atoms with van der Waals surface area (Å²) in [7, 11) is 0. The second kappa shape index (κ2) is 2.37. The van der Waals surface area contributed by atoms with Gasteiger partial charge in [-0.25, -0.2) is 0 Å². The summed E-state index contributed by atoms with van der Waals surface area (Å²) >= 11 is 12.6. The van der Waals surface area contributed by atoms with Gasteiger partial charge in [-0.05, 0) is 49.9 Å². The highest BCUT2D eigenvalue weighted by Crippen LogP contribution is 2.64. The molecule has 0 aromatic carbocycles. The van der Waals surface area contributed by atoms with Gasteiger partial charge in [0, 0.05) is 0 Å². The molecule has 4 rings (SSSR count). The lowest BCUT2D eigenvalue weighted by molar-refractivity contribution is -0.132. The molecule has 0 amide bonds. The molecule has 4 saturated carbocycles. The van der Waals surface area contributed by atoms with Crippen LogP contribution in [0.2, 0.25) is 0 Å². The van der Waals surface area contributed by atoms with Crippen molar-refractivity contribution in [2.75, 3.05) is 0 Å². The highest BCUT2D eigenvalue weighted by molar-refractivity contribution is 6.49. The van der Waals surface area contributed by atoms with E-state index in [1.165, 1.54) is 6.42 Å². The maximum Gasteiger partial charge on any atom is 0.149 e. The van der Waals surface area contributed by atoms with Crippen molar-refractivity contribution in [3.8, 4) is 0 Å². The first-order valence-corrected chi connectivity index (χ1v) is 5.87. The van der Waals surface area contributed by atoms with Gasteiger partial charge in [-0.1, -0.05) is 23.2 Å². The zero-order valence-corrected chi connectivity index (χ0v) is 8.98. The van der Waals surface area contributed by atoms with Crippen molar-refractivity contribution in [3.63, 3.8) is 0 Å². The number of hydrogen-bond donors (Lipinski definition) is 1.